The van der Waals surface area contributed by atoms with Gasteiger partial charge in [-0.1, -0.05) is 12.2 Å². The number of hydrogen-bond donors (Lipinski definition) is 1. The van der Waals surface area contributed by atoms with Crippen LogP contribution in [0.5, 0.6) is 0 Å². The second-order valence-corrected chi connectivity index (χ2v) is 7.87. The maximum atomic E-state index is 12.4. The maximum absolute atomic E-state index is 12.4. The molecule has 140 valence electrons. The van der Waals surface area contributed by atoms with Crippen LogP contribution in [0.1, 0.15) is 13.3 Å². The van der Waals surface area contributed by atoms with Crippen molar-refractivity contribution in [1.29, 1.82) is 0 Å². The molecule has 0 aromatic carbocycles. The minimum absolute atomic E-state index is 0.00913. The largest absolute Gasteiger partial charge is 0.498 e. The first-order chi connectivity index (χ1) is 11.8. The summed E-state index contributed by atoms with van der Waals surface area (Å²) in [6, 6.07) is 0.186. The molecular weight excluding hydrogens is 346 g/mol. The van der Waals surface area contributed by atoms with Gasteiger partial charge in [0.15, 0.2) is 0 Å². The van der Waals surface area contributed by atoms with Crippen molar-refractivity contribution < 1.29 is 13.6 Å². The highest BCUT2D eigenvalue weighted by Crippen LogP contribution is 2.11. The van der Waals surface area contributed by atoms with E-state index in [1.54, 1.807) is 6.92 Å². The molecule has 0 bridgehead atoms. The van der Waals surface area contributed by atoms with Gasteiger partial charge in [-0.3, -0.25) is 0 Å². The molecule has 1 aromatic rings. The Balaban J connectivity index is 3.20. The van der Waals surface area contributed by atoms with E-state index in [0.29, 0.717) is 6.61 Å². The van der Waals surface area contributed by atoms with Gasteiger partial charge in [0.25, 0.3) is 0 Å². The molecule has 0 spiro atoms. The lowest BCUT2D eigenvalue weighted by Crippen LogP contribution is -2.54. The second kappa shape index (κ2) is 9.46. The van der Waals surface area contributed by atoms with E-state index < -0.39 is 25.9 Å². The van der Waals surface area contributed by atoms with E-state index in [9.17, 15) is 19.2 Å². The van der Waals surface area contributed by atoms with E-state index >= 15 is 0 Å². The predicted octanol–water partition coefficient (Wildman–Crippen LogP) is -0.452. The third-order valence-electron chi connectivity index (χ3n) is 3.57. The monoisotopic (exact) mass is 371 g/mol. The molecule has 1 atom stereocenters. The zero-order valence-corrected chi connectivity index (χ0v) is 15.6. The summed E-state index contributed by atoms with van der Waals surface area (Å²) >= 11 is 0. The third-order valence-corrected chi connectivity index (χ3v) is 5.94. The van der Waals surface area contributed by atoms with Gasteiger partial charge in [-0.25, -0.2) is 28.1 Å². The Morgan fingerprint density at radius 2 is 1.52 bits per heavy atom. The molecule has 1 N–H and O–H groups in total. The molecule has 0 aliphatic rings. The third kappa shape index (κ3) is 4.98. The van der Waals surface area contributed by atoms with Crippen molar-refractivity contribution in [2.45, 2.75) is 39.0 Å². The van der Waals surface area contributed by atoms with Crippen LogP contribution in [0.3, 0.4) is 0 Å². The van der Waals surface area contributed by atoms with E-state index in [2.05, 4.69) is 13.2 Å². The topological polar surface area (TPSA) is 105 Å². The van der Waals surface area contributed by atoms with Crippen molar-refractivity contribution in [3.8, 4) is 0 Å². The molecule has 1 aromatic heterocycles. The standard InChI is InChI=1S/C15H25N3O6Si/c1-5-9-16-13(19)17(10-6-2)15(21)18(14(16)20)11-8-12-25(22,23-4)24-7-3/h5-6,22H,1-2,7-12H2,3-4H3. The molecule has 25 heavy (non-hydrogen) atoms. The fourth-order valence-electron chi connectivity index (χ4n) is 2.36. The smallest absolute Gasteiger partial charge is 0.390 e. The summed E-state index contributed by atoms with van der Waals surface area (Å²) in [6.45, 7) is 9.07. The summed E-state index contributed by atoms with van der Waals surface area (Å²) in [5, 5.41) is 0. The lowest BCUT2D eigenvalue weighted by molar-refractivity contribution is 0.127. The predicted molar refractivity (Wildman–Crippen MR) is 95.6 cm³/mol. The van der Waals surface area contributed by atoms with Crippen LogP contribution in [0.2, 0.25) is 6.04 Å². The van der Waals surface area contributed by atoms with Gasteiger partial charge in [-0.05, 0) is 13.3 Å². The van der Waals surface area contributed by atoms with Gasteiger partial charge >= 0.3 is 25.9 Å². The van der Waals surface area contributed by atoms with E-state index in [1.807, 2.05) is 0 Å². The second-order valence-electron chi connectivity index (χ2n) is 5.25. The van der Waals surface area contributed by atoms with Crippen LogP contribution in [-0.2, 0) is 28.5 Å². The van der Waals surface area contributed by atoms with E-state index in [-0.39, 0.29) is 32.1 Å². The number of allylic oxidation sites excluding steroid dienone is 2. The minimum atomic E-state index is -3.31. The highest BCUT2D eigenvalue weighted by molar-refractivity contribution is 6.59. The summed E-state index contributed by atoms with van der Waals surface area (Å²) in [7, 11) is -1.95. The molecule has 1 rings (SSSR count). The van der Waals surface area contributed by atoms with Crippen LogP contribution in [-0.4, -0.2) is 41.0 Å². The van der Waals surface area contributed by atoms with Crippen molar-refractivity contribution in [3.63, 3.8) is 0 Å². The van der Waals surface area contributed by atoms with Crippen LogP contribution >= 0.6 is 0 Å². The Kier molecular flexibility index (Phi) is 7.96. The van der Waals surface area contributed by atoms with Crippen molar-refractivity contribution >= 4 is 8.80 Å². The molecule has 9 nitrogen and oxygen atoms in total. The molecule has 0 amide bonds. The van der Waals surface area contributed by atoms with E-state index in [0.717, 1.165) is 13.7 Å². The Labute approximate surface area is 146 Å². The van der Waals surface area contributed by atoms with Crippen LogP contribution in [0.25, 0.3) is 0 Å². The van der Waals surface area contributed by atoms with Crippen molar-refractivity contribution in [3.05, 3.63) is 56.8 Å². The summed E-state index contributed by atoms with van der Waals surface area (Å²) in [4.78, 5) is 47.3. The maximum Gasteiger partial charge on any atom is 0.498 e. The van der Waals surface area contributed by atoms with Gasteiger partial charge in [0.05, 0.1) is 13.1 Å². The minimum Gasteiger partial charge on any atom is -0.390 e. The zero-order chi connectivity index (χ0) is 19.0. The van der Waals surface area contributed by atoms with Crippen molar-refractivity contribution in [2.24, 2.45) is 0 Å². The first-order valence-corrected chi connectivity index (χ1v) is 9.90. The van der Waals surface area contributed by atoms with E-state index in [1.165, 1.54) is 19.3 Å². The van der Waals surface area contributed by atoms with Gasteiger partial charge in [-0.15, -0.1) is 13.2 Å². The first-order valence-electron chi connectivity index (χ1n) is 7.93. The zero-order valence-electron chi connectivity index (χ0n) is 14.6. The summed E-state index contributed by atoms with van der Waals surface area (Å²) in [5.41, 5.74) is -2.13. The number of hydrogen-bond acceptors (Lipinski definition) is 6. The first kappa shape index (κ1) is 21.0. The van der Waals surface area contributed by atoms with Crippen LogP contribution < -0.4 is 17.1 Å². The molecule has 0 aliphatic heterocycles. The molecule has 10 heteroatoms. The lowest BCUT2D eigenvalue weighted by atomic mass is 10.4. The average Bonchev–Trinajstić information content (AvgIpc) is 2.59. The molecular formula is C15H25N3O6Si. The average molecular weight is 371 g/mol. The van der Waals surface area contributed by atoms with Gasteiger partial charge in [0, 0.05) is 26.3 Å². The quantitative estimate of drug-likeness (QED) is 0.417. The van der Waals surface area contributed by atoms with Crippen molar-refractivity contribution in [1.82, 2.24) is 13.7 Å². The molecule has 0 radical (unpaired) electrons. The van der Waals surface area contributed by atoms with Crippen LogP contribution in [0, 0.1) is 0 Å². The Hall–Kier alpha value is -2.01. The Morgan fingerprint density at radius 3 is 1.92 bits per heavy atom. The molecule has 1 unspecified atom stereocenters. The molecule has 0 saturated carbocycles. The van der Waals surface area contributed by atoms with E-state index in [4.69, 9.17) is 8.85 Å². The van der Waals surface area contributed by atoms with Gasteiger partial charge in [0.2, 0.25) is 0 Å². The normalized spacial score (nSPS) is 13.4. The Morgan fingerprint density at radius 1 is 1.04 bits per heavy atom. The highest BCUT2D eigenvalue weighted by atomic mass is 28.4. The summed E-state index contributed by atoms with van der Waals surface area (Å²) in [5.74, 6) is 0. The highest BCUT2D eigenvalue weighted by Gasteiger charge is 2.34. The molecule has 0 saturated heterocycles. The molecule has 1 heterocycles. The van der Waals surface area contributed by atoms with Gasteiger partial charge in [-0.2, -0.15) is 0 Å². The number of aromatic nitrogens is 3. The van der Waals surface area contributed by atoms with Gasteiger partial charge < -0.3 is 13.6 Å². The molecule has 0 fully saturated rings. The van der Waals surface area contributed by atoms with Gasteiger partial charge in [0.1, 0.15) is 0 Å². The van der Waals surface area contributed by atoms with Crippen LogP contribution in [0.4, 0.5) is 0 Å². The SMILES string of the molecule is C=CCn1c(=O)n(CC=C)c(=O)n(CCC[Si](O)(OC)OCC)c1=O. The molecule has 0 aliphatic carbocycles. The Bertz CT molecular complexity index is 733. The van der Waals surface area contributed by atoms with Crippen LogP contribution in [0.15, 0.2) is 39.7 Å². The lowest BCUT2D eigenvalue weighted by Gasteiger charge is -2.21. The fraction of sp³-hybridized carbons (Fsp3) is 0.533. The number of rotatable bonds is 11. The number of nitrogens with zero attached hydrogens (tertiary/aromatic N) is 3. The summed E-state index contributed by atoms with van der Waals surface area (Å²) in [6.07, 6.45) is 3.09. The fourth-order valence-corrected chi connectivity index (χ4v) is 3.89. The summed E-state index contributed by atoms with van der Waals surface area (Å²) < 4.78 is 13.1. The van der Waals surface area contributed by atoms with Crippen molar-refractivity contribution in [2.75, 3.05) is 13.7 Å².